The van der Waals surface area contributed by atoms with Crippen molar-refractivity contribution in [3.8, 4) is 0 Å². The Morgan fingerprint density at radius 2 is 1.91 bits per heavy atom. The highest BCUT2D eigenvalue weighted by molar-refractivity contribution is 6.65. The molecule has 0 saturated heterocycles. The molecule has 2 heterocycles. The number of carbonyl (C=O) groups is 3. The van der Waals surface area contributed by atoms with E-state index in [1.807, 2.05) is 0 Å². The van der Waals surface area contributed by atoms with Crippen LogP contribution in [-0.2, 0) is 14.4 Å². The van der Waals surface area contributed by atoms with Crippen molar-refractivity contribution in [2.45, 2.75) is 25.0 Å². The summed E-state index contributed by atoms with van der Waals surface area (Å²) in [6, 6.07) is 5.07. The number of rotatable bonds is 3. The molecule has 1 unspecified atom stereocenters. The van der Waals surface area contributed by atoms with Gasteiger partial charge in [0.05, 0.1) is 18.2 Å². The zero-order valence-electron chi connectivity index (χ0n) is 12.4. The van der Waals surface area contributed by atoms with E-state index in [2.05, 4.69) is 5.16 Å². The topological polar surface area (TPSA) is 85.3 Å². The van der Waals surface area contributed by atoms with Gasteiger partial charge < -0.3 is 9.57 Å². The maximum atomic E-state index is 12.6. The Hall–Kier alpha value is -2.41. The minimum absolute atomic E-state index is 0.0850. The number of halogens is 1. The van der Waals surface area contributed by atoms with Crippen molar-refractivity contribution in [2.75, 3.05) is 7.11 Å². The van der Waals surface area contributed by atoms with E-state index >= 15 is 0 Å². The van der Waals surface area contributed by atoms with Crippen LogP contribution in [0.3, 0.4) is 0 Å². The molecule has 120 valence electrons. The minimum Gasteiger partial charge on any atom is -0.467 e. The van der Waals surface area contributed by atoms with E-state index in [9.17, 15) is 14.4 Å². The number of oxime groups is 1. The maximum Gasteiger partial charge on any atom is 0.333 e. The largest absolute Gasteiger partial charge is 0.467 e. The molecule has 0 fully saturated rings. The van der Waals surface area contributed by atoms with Gasteiger partial charge in [-0.05, 0) is 19.1 Å². The number of methoxy groups -OCH3 is 1. The van der Waals surface area contributed by atoms with E-state index in [1.54, 1.807) is 19.1 Å². The van der Waals surface area contributed by atoms with Gasteiger partial charge >= 0.3 is 5.97 Å². The molecule has 0 bridgehead atoms. The Morgan fingerprint density at radius 3 is 2.35 bits per heavy atom. The predicted molar refractivity (Wildman–Crippen MR) is 80.1 cm³/mol. The number of benzene rings is 1. The van der Waals surface area contributed by atoms with Crippen molar-refractivity contribution < 1.29 is 24.0 Å². The van der Waals surface area contributed by atoms with Crippen LogP contribution >= 0.6 is 11.6 Å². The lowest BCUT2D eigenvalue weighted by atomic mass is 9.92. The van der Waals surface area contributed by atoms with Crippen LogP contribution in [0.2, 0.25) is 0 Å². The van der Waals surface area contributed by atoms with Gasteiger partial charge in [0.25, 0.3) is 11.8 Å². The highest BCUT2D eigenvalue weighted by Crippen LogP contribution is 2.36. The van der Waals surface area contributed by atoms with Crippen molar-refractivity contribution in [3.05, 3.63) is 35.4 Å². The number of nitrogens with zero attached hydrogens (tertiary/aromatic N) is 2. The van der Waals surface area contributed by atoms with Gasteiger partial charge in [-0.2, -0.15) is 0 Å². The second-order valence-corrected chi connectivity index (χ2v) is 5.94. The Kier molecular flexibility index (Phi) is 3.60. The van der Waals surface area contributed by atoms with Gasteiger partial charge in [0.15, 0.2) is 11.6 Å². The molecule has 0 radical (unpaired) electrons. The first-order valence-electron chi connectivity index (χ1n) is 6.84. The molecule has 2 aliphatic rings. The molecule has 0 aliphatic carbocycles. The number of imide groups is 1. The standard InChI is InChI=1S/C15H13ClN2O5/c1-15(7-10(16)17-23-15)11(14(21)22-2)18-12(19)8-5-3-4-6-9(8)13(18)20/h3-6,11H,7H2,1-2H3/t11-,15?/m1/s1. The van der Waals surface area contributed by atoms with Crippen molar-refractivity contribution >= 4 is 34.6 Å². The molecule has 2 aliphatic heterocycles. The molecular formula is C15H13ClN2O5. The summed E-state index contributed by atoms with van der Waals surface area (Å²) < 4.78 is 4.77. The van der Waals surface area contributed by atoms with E-state index in [0.29, 0.717) is 0 Å². The highest BCUT2D eigenvalue weighted by Gasteiger charge is 2.55. The second kappa shape index (κ2) is 5.34. The van der Waals surface area contributed by atoms with E-state index < -0.39 is 29.4 Å². The summed E-state index contributed by atoms with van der Waals surface area (Å²) in [4.78, 5) is 43.7. The third-order valence-corrected chi connectivity index (χ3v) is 4.14. The number of hydrogen-bond donors (Lipinski definition) is 0. The molecule has 0 saturated carbocycles. The summed E-state index contributed by atoms with van der Waals surface area (Å²) in [5.41, 5.74) is -0.808. The van der Waals surface area contributed by atoms with Crippen LogP contribution in [0.1, 0.15) is 34.1 Å². The fraction of sp³-hybridized carbons (Fsp3) is 0.333. The van der Waals surface area contributed by atoms with Crippen LogP contribution in [0.25, 0.3) is 0 Å². The number of carbonyl (C=O) groups excluding carboxylic acids is 3. The second-order valence-electron chi connectivity index (χ2n) is 5.50. The highest BCUT2D eigenvalue weighted by atomic mass is 35.5. The lowest BCUT2D eigenvalue weighted by molar-refractivity contribution is -0.156. The van der Waals surface area contributed by atoms with Gasteiger partial charge in [0, 0.05) is 6.42 Å². The van der Waals surface area contributed by atoms with Crippen LogP contribution in [0.15, 0.2) is 29.4 Å². The van der Waals surface area contributed by atoms with Crippen LogP contribution in [0, 0.1) is 0 Å². The Labute approximate surface area is 136 Å². The average molecular weight is 337 g/mol. The number of esters is 1. The molecule has 0 aromatic heterocycles. The lowest BCUT2D eigenvalue weighted by Gasteiger charge is -2.34. The average Bonchev–Trinajstić information content (AvgIpc) is 3.00. The van der Waals surface area contributed by atoms with E-state index in [4.69, 9.17) is 21.2 Å². The first-order chi connectivity index (χ1) is 10.9. The van der Waals surface area contributed by atoms with E-state index in [-0.39, 0.29) is 22.7 Å². The van der Waals surface area contributed by atoms with Crippen LogP contribution in [-0.4, -0.2) is 46.6 Å². The summed E-state index contributed by atoms with van der Waals surface area (Å²) in [7, 11) is 1.17. The number of fused-ring (bicyclic) bond motifs is 1. The molecule has 3 rings (SSSR count). The number of hydrogen-bond acceptors (Lipinski definition) is 6. The quantitative estimate of drug-likeness (QED) is 0.617. The van der Waals surface area contributed by atoms with Crippen molar-refractivity contribution in [3.63, 3.8) is 0 Å². The van der Waals surface area contributed by atoms with E-state index in [1.165, 1.54) is 19.2 Å². The minimum atomic E-state index is -1.29. The Balaban J connectivity index is 2.04. The van der Waals surface area contributed by atoms with Gasteiger partial charge in [-0.1, -0.05) is 28.9 Å². The van der Waals surface area contributed by atoms with Crippen molar-refractivity contribution in [1.29, 1.82) is 0 Å². The summed E-state index contributed by atoms with van der Waals surface area (Å²) >= 11 is 5.84. The fourth-order valence-corrected chi connectivity index (χ4v) is 3.14. The number of amides is 2. The van der Waals surface area contributed by atoms with Gasteiger partial charge in [0.2, 0.25) is 0 Å². The van der Waals surface area contributed by atoms with Gasteiger partial charge in [-0.3, -0.25) is 14.5 Å². The first-order valence-corrected chi connectivity index (χ1v) is 7.22. The number of ether oxygens (including phenoxy) is 1. The molecule has 7 nitrogen and oxygen atoms in total. The summed E-state index contributed by atoms with van der Waals surface area (Å²) in [6.07, 6.45) is 0.0850. The monoisotopic (exact) mass is 336 g/mol. The summed E-state index contributed by atoms with van der Waals surface area (Å²) in [6.45, 7) is 1.55. The van der Waals surface area contributed by atoms with Crippen molar-refractivity contribution in [1.82, 2.24) is 4.90 Å². The Bertz CT molecular complexity index is 712. The molecule has 2 atom stereocenters. The SMILES string of the molecule is COC(=O)[C@@H](N1C(=O)c2ccccc2C1=O)C1(C)CC(Cl)=NO1. The molecular weight excluding hydrogens is 324 g/mol. The van der Waals surface area contributed by atoms with Crippen LogP contribution < -0.4 is 0 Å². The van der Waals surface area contributed by atoms with E-state index in [0.717, 1.165) is 4.90 Å². The van der Waals surface area contributed by atoms with Crippen LogP contribution in [0.4, 0.5) is 0 Å². The molecule has 23 heavy (non-hydrogen) atoms. The van der Waals surface area contributed by atoms with Crippen LogP contribution in [0.5, 0.6) is 0 Å². The molecule has 1 aromatic carbocycles. The zero-order valence-corrected chi connectivity index (χ0v) is 13.2. The maximum absolute atomic E-state index is 12.6. The molecule has 1 aromatic rings. The fourth-order valence-electron chi connectivity index (χ4n) is 2.84. The summed E-state index contributed by atoms with van der Waals surface area (Å²) in [5.74, 6) is -1.92. The Morgan fingerprint density at radius 1 is 1.35 bits per heavy atom. The molecule has 2 amide bonds. The smallest absolute Gasteiger partial charge is 0.333 e. The first kappa shape index (κ1) is 15.5. The third-order valence-electron chi connectivity index (χ3n) is 3.94. The third kappa shape index (κ3) is 2.28. The van der Waals surface area contributed by atoms with Crippen molar-refractivity contribution in [2.24, 2.45) is 5.16 Å². The molecule has 0 spiro atoms. The van der Waals surface area contributed by atoms with Gasteiger partial charge in [0.1, 0.15) is 5.17 Å². The normalized spacial score (nSPS) is 24.1. The van der Waals surface area contributed by atoms with Gasteiger partial charge in [-0.25, -0.2) is 4.79 Å². The van der Waals surface area contributed by atoms with Gasteiger partial charge in [-0.15, -0.1) is 0 Å². The molecule has 0 N–H and O–H groups in total. The predicted octanol–water partition coefficient (Wildman–Crippen LogP) is 1.56. The molecule has 8 heteroatoms. The summed E-state index contributed by atoms with van der Waals surface area (Å²) in [5, 5.41) is 3.77. The lowest BCUT2D eigenvalue weighted by Crippen LogP contribution is -2.58. The zero-order chi connectivity index (χ0) is 16.8.